The third kappa shape index (κ3) is 3.77. The zero-order chi connectivity index (χ0) is 19.3. The summed E-state index contributed by atoms with van der Waals surface area (Å²) in [6.07, 6.45) is 1.82. The Morgan fingerprint density at radius 3 is 2.61 bits per heavy atom. The van der Waals surface area contributed by atoms with Crippen molar-refractivity contribution >= 4 is 28.7 Å². The summed E-state index contributed by atoms with van der Waals surface area (Å²) < 4.78 is 7.32. The van der Waals surface area contributed by atoms with Crippen molar-refractivity contribution in [2.45, 2.75) is 17.8 Å². The molecule has 0 bridgehead atoms. The van der Waals surface area contributed by atoms with Gasteiger partial charge in [0.25, 0.3) is 0 Å². The number of ether oxygens (including phenoxy) is 1. The van der Waals surface area contributed by atoms with E-state index in [0.717, 1.165) is 38.8 Å². The highest BCUT2D eigenvalue weighted by atomic mass is 32.2. The molecule has 1 aromatic heterocycles. The van der Waals surface area contributed by atoms with Gasteiger partial charge in [-0.2, -0.15) is 9.78 Å². The van der Waals surface area contributed by atoms with Crippen LogP contribution in [0.5, 0.6) is 5.75 Å². The first kappa shape index (κ1) is 18.3. The normalized spacial score (nSPS) is 11.4. The summed E-state index contributed by atoms with van der Waals surface area (Å²) in [5.41, 5.74) is 2.17. The van der Waals surface area contributed by atoms with Crippen molar-refractivity contribution in [1.82, 2.24) is 14.9 Å². The molecule has 0 aliphatic heterocycles. The van der Waals surface area contributed by atoms with Gasteiger partial charge in [-0.1, -0.05) is 72.4 Å². The predicted molar refractivity (Wildman–Crippen MR) is 114 cm³/mol. The van der Waals surface area contributed by atoms with Crippen LogP contribution in [-0.2, 0) is 5.75 Å². The molecular formula is C22H20N4OS. The molecule has 3 aromatic carbocycles. The minimum absolute atomic E-state index is 0.742. The van der Waals surface area contributed by atoms with Crippen molar-refractivity contribution in [2.75, 3.05) is 7.11 Å². The molecule has 0 spiro atoms. The third-order valence-electron chi connectivity index (χ3n) is 4.43. The molecule has 0 unspecified atom stereocenters. The second-order valence-electron chi connectivity index (χ2n) is 6.26. The van der Waals surface area contributed by atoms with E-state index in [1.807, 2.05) is 49.5 Å². The largest absolute Gasteiger partial charge is 0.496 e. The van der Waals surface area contributed by atoms with E-state index in [9.17, 15) is 0 Å². The van der Waals surface area contributed by atoms with Gasteiger partial charge in [0.1, 0.15) is 5.75 Å². The van der Waals surface area contributed by atoms with E-state index in [1.165, 1.54) is 5.56 Å². The summed E-state index contributed by atoms with van der Waals surface area (Å²) in [4.78, 5) is 0. The second kappa shape index (κ2) is 8.27. The van der Waals surface area contributed by atoms with Crippen LogP contribution in [0, 0.1) is 6.92 Å². The summed E-state index contributed by atoms with van der Waals surface area (Å²) in [6.45, 7) is 1.90. The van der Waals surface area contributed by atoms with Gasteiger partial charge in [-0.3, -0.25) is 0 Å². The smallest absolute Gasteiger partial charge is 0.212 e. The van der Waals surface area contributed by atoms with E-state index in [1.54, 1.807) is 23.5 Å². The monoisotopic (exact) mass is 388 g/mol. The van der Waals surface area contributed by atoms with Crippen LogP contribution in [0.15, 0.2) is 77.0 Å². The molecule has 0 aliphatic carbocycles. The van der Waals surface area contributed by atoms with Crippen LogP contribution in [0.25, 0.3) is 10.8 Å². The van der Waals surface area contributed by atoms with E-state index in [4.69, 9.17) is 4.74 Å². The number of fused-ring (bicyclic) bond motifs is 1. The van der Waals surface area contributed by atoms with Gasteiger partial charge >= 0.3 is 0 Å². The van der Waals surface area contributed by atoms with Gasteiger partial charge in [-0.25, -0.2) is 0 Å². The summed E-state index contributed by atoms with van der Waals surface area (Å²) >= 11 is 1.61. The van der Waals surface area contributed by atoms with E-state index in [0.29, 0.717) is 0 Å². The van der Waals surface area contributed by atoms with Crippen molar-refractivity contribution in [1.29, 1.82) is 0 Å². The van der Waals surface area contributed by atoms with Crippen LogP contribution in [0.1, 0.15) is 17.0 Å². The Morgan fingerprint density at radius 2 is 1.79 bits per heavy atom. The molecule has 0 saturated heterocycles. The van der Waals surface area contributed by atoms with Crippen molar-refractivity contribution < 1.29 is 4.74 Å². The molecule has 0 aliphatic rings. The number of thioether (sulfide) groups is 1. The number of nitrogens with zero attached hydrogens (tertiary/aromatic N) is 4. The fourth-order valence-electron chi connectivity index (χ4n) is 2.99. The average molecular weight is 388 g/mol. The van der Waals surface area contributed by atoms with Gasteiger partial charge in [0.05, 0.1) is 13.3 Å². The first-order valence-corrected chi connectivity index (χ1v) is 9.93. The lowest BCUT2D eigenvalue weighted by Gasteiger charge is -2.09. The van der Waals surface area contributed by atoms with Crippen molar-refractivity contribution in [3.05, 3.63) is 83.7 Å². The maximum absolute atomic E-state index is 5.55. The van der Waals surface area contributed by atoms with Crippen LogP contribution < -0.4 is 4.74 Å². The van der Waals surface area contributed by atoms with Gasteiger partial charge in [-0.05, 0) is 29.3 Å². The Balaban J connectivity index is 1.66. The fraction of sp³-hybridized carbons (Fsp3) is 0.136. The summed E-state index contributed by atoms with van der Waals surface area (Å²) in [7, 11) is 1.67. The number of aromatic nitrogens is 3. The molecule has 28 heavy (non-hydrogen) atoms. The van der Waals surface area contributed by atoms with Crippen LogP contribution >= 0.6 is 11.8 Å². The summed E-state index contributed by atoms with van der Waals surface area (Å²) in [5.74, 6) is 2.34. The van der Waals surface area contributed by atoms with Crippen LogP contribution in [-0.4, -0.2) is 28.2 Å². The average Bonchev–Trinajstić information content (AvgIpc) is 3.10. The molecule has 0 saturated carbocycles. The van der Waals surface area contributed by atoms with Gasteiger partial charge in [-0.15, -0.1) is 10.2 Å². The third-order valence-corrected chi connectivity index (χ3v) is 5.42. The second-order valence-corrected chi connectivity index (χ2v) is 7.21. The lowest BCUT2D eigenvalue weighted by atomic mass is 10.0. The van der Waals surface area contributed by atoms with Crippen LogP contribution in [0.3, 0.4) is 0 Å². The number of aryl methyl sites for hydroxylation is 1. The predicted octanol–water partition coefficient (Wildman–Crippen LogP) is 4.92. The first-order valence-electron chi connectivity index (χ1n) is 8.95. The summed E-state index contributed by atoms with van der Waals surface area (Å²) in [6, 6.07) is 22.5. The SMILES string of the molecule is COc1ccc2ccccc2c1/C=N/n1c(C)nnc1SCc1ccccc1. The Bertz CT molecular complexity index is 1120. The summed E-state index contributed by atoms with van der Waals surface area (Å²) in [5, 5.41) is 16.1. The molecular weight excluding hydrogens is 368 g/mol. The highest BCUT2D eigenvalue weighted by Gasteiger charge is 2.10. The Kier molecular flexibility index (Phi) is 5.39. The zero-order valence-corrected chi connectivity index (χ0v) is 16.6. The van der Waals surface area contributed by atoms with Crippen molar-refractivity contribution in [2.24, 2.45) is 5.10 Å². The van der Waals surface area contributed by atoms with E-state index in [-0.39, 0.29) is 0 Å². The highest BCUT2D eigenvalue weighted by molar-refractivity contribution is 7.98. The van der Waals surface area contributed by atoms with Gasteiger partial charge in [0.15, 0.2) is 5.82 Å². The maximum Gasteiger partial charge on any atom is 0.212 e. The van der Waals surface area contributed by atoms with Gasteiger partial charge < -0.3 is 4.74 Å². The number of rotatable bonds is 6. The van der Waals surface area contributed by atoms with Crippen molar-refractivity contribution in [3.8, 4) is 5.75 Å². The topological polar surface area (TPSA) is 52.3 Å². The van der Waals surface area contributed by atoms with Gasteiger partial charge in [0, 0.05) is 11.3 Å². The molecule has 0 radical (unpaired) electrons. The lowest BCUT2D eigenvalue weighted by Crippen LogP contribution is -1.98. The lowest BCUT2D eigenvalue weighted by molar-refractivity contribution is 0.415. The number of hydrogen-bond acceptors (Lipinski definition) is 5. The number of benzene rings is 3. The molecule has 5 nitrogen and oxygen atoms in total. The highest BCUT2D eigenvalue weighted by Crippen LogP contribution is 2.27. The number of methoxy groups -OCH3 is 1. The van der Waals surface area contributed by atoms with Crippen LogP contribution in [0.4, 0.5) is 0 Å². The first-order chi connectivity index (χ1) is 13.8. The molecule has 140 valence electrons. The van der Waals surface area contributed by atoms with Crippen LogP contribution in [0.2, 0.25) is 0 Å². The number of hydrogen-bond donors (Lipinski definition) is 0. The molecule has 6 heteroatoms. The fourth-order valence-corrected chi connectivity index (χ4v) is 3.87. The molecule has 0 N–H and O–H groups in total. The molecule has 4 aromatic rings. The van der Waals surface area contributed by atoms with E-state index >= 15 is 0 Å². The minimum Gasteiger partial charge on any atom is -0.496 e. The maximum atomic E-state index is 5.55. The molecule has 4 rings (SSSR count). The Labute approximate surface area is 168 Å². The van der Waals surface area contributed by atoms with Gasteiger partial charge in [0.2, 0.25) is 5.16 Å². The Hall–Kier alpha value is -3.12. The zero-order valence-electron chi connectivity index (χ0n) is 15.7. The Morgan fingerprint density at radius 1 is 1.00 bits per heavy atom. The molecule has 0 atom stereocenters. The molecule has 0 fully saturated rings. The van der Waals surface area contributed by atoms with E-state index in [2.05, 4.69) is 45.6 Å². The molecule has 1 heterocycles. The molecule has 0 amide bonds. The van der Waals surface area contributed by atoms with Crippen molar-refractivity contribution in [3.63, 3.8) is 0 Å². The quantitative estimate of drug-likeness (QED) is 0.347. The standard InChI is InChI=1S/C22H20N4OS/c1-16-24-25-22(28-15-17-8-4-3-5-9-17)26(16)23-14-20-19-11-7-6-10-18(19)12-13-21(20)27-2/h3-14H,15H2,1-2H3/b23-14+. The minimum atomic E-state index is 0.742. The van der Waals surface area contributed by atoms with E-state index < -0.39 is 0 Å².